The van der Waals surface area contributed by atoms with Crippen molar-refractivity contribution >= 4 is 12.2 Å². The van der Waals surface area contributed by atoms with Gasteiger partial charge in [-0.1, -0.05) is 31.4 Å². The van der Waals surface area contributed by atoms with E-state index in [2.05, 4.69) is 13.2 Å². The Morgan fingerprint density at radius 2 is 1.39 bits per heavy atom. The Kier molecular flexibility index (Phi) is 7.94. The number of hydrogen-bond acceptors (Lipinski definition) is 2. The molecule has 2 nitrogen and oxygen atoms in total. The van der Waals surface area contributed by atoms with Crippen LogP contribution in [-0.4, -0.2) is 10.7 Å². The van der Waals surface area contributed by atoms with Gasteiger partial charge in [-0.05, 0) is 44.5 Å². The summed E-state index contributed by atoms with van der Waals surface area (Å²) in [7, 11) is 0. The Labute approximate surface area is 175 Å². The highest BCUT2D eigenvalue weighted by Crippen LogP contribution is 2.36. The minimum Gasteiger partial charge on any atom is -0.508 e. The molecule has 0 saturated carbocycles. The van der Waals surface area contributed by atoms with E-state index in [1.165, 1.54) is 18.2 Å². The second kappa shape index (κ2) is 9.45. The van der Waals surface area contributed by atoms with Gasteiger partial charge in [-0.2, -0.15) is 26.3 Å². The fourth-order valence-electron chi connectivity index (χ4n) is 2.42. The molecule has 0 bridgehead atoms. The highest BCUT2D eigenvalue weighted by Gasteiger charge is 2.35. The molecule has 0 fully saturated rings. The molecule has 170 valence electrons. The first-order valence-corrected chi connectivity index (χ1v) is 8.74. The molecule has 0 spiro atoms. The van der Waals surface area contributed by atoms with Crippen molar-refractivity contribution < 1.29 is 40.6 Å². The van der Waals surface area contributed by atoms with Crippen molar-refractivity contribution in [3.05, 3.63) is 71.6 Å². The molecular weight excluding hydrogens is 429 g/mol. The van der Waals surface area contributed by atoms with Gasteiger partial charge in [0.25, 0.3) is 0 Å². The molecule has 9 heteroatoms. The van der Waals surface area contributed by atoms with Gasteiger partial charge in [0.05, 0.1) is 11.1 Å². The van der Waals surface area contributed by atoms with Crippen LogP contribution in [0.2, 0.25) is 0 Å². The third kappa shape index (κ3) is 7.66. The zero-order chi connectivity index (χ0) is 24.2. The van der Waals surface area contributed by atoms with Gasteiger partial charge in [0.15, 0.2) is 0 Å². The Morgan fingerprint density at radius 1 is 0.839 bits per heavy atom. The summed E-state index contributed by atoms with van der Waals surface area (Å²) in [6, 6.07) is 4.93. The minimum absolute atomic E-state index is 0.0544. The number of phenols is 1. The summed E-state index contributed by atoms with van der Waals surface area (Å²) >= 11 is 0. The third-order valence-corrected chi connectivity index (χ3v) is 3.60. The van der Waals surface area contributed by atoms with Crippen LogP contribution >= 0.6 is 0 Å². The topological polar surface area (TPSA) is 29.5 Å². The van der Waals surface area contributed by atoms with E-state index >= 15 is 0 Å². The highest BCUT2D eigenvalue weighted by atomic mass is 19.4. The first-order valence-electron chi connectivity index (χ1n) is 8.74. The zero-order valence-corrected chi connectivity index (χ0v) is 17.0. The summed E-state index contributed by atoms with van der Waals surface area (Å²) in [5, 5.41) is 8.80. The Balaban J connectivity index is 0.000000316. The van der Waals surface area contributed by atoms with Crippen molar-refractivity contribution in [1.29, 1.82) is 0 Å². The van der Waals surface area contributed by atoms with E-state index in [0.717, 1.165) is 12.1 Å². The van der Waals surface area contributed by atoms with Gasteiger partial charge < -0.3 is 9.84 Å². The van der Waals surface area contributed by atoms with Gasteiger partial charge in [-0.3, -0.25) is 0 Å². The van der Waals surface area contributed by atoms with Gasteiger partial charge in [0, 0.05) is 11.6 Å². The predicted molar refractivity (Wildman–Crippen MR) is 105 cm³/mol. The molecule has 0 aliphatic carbocycles. The Hall–Kier alpha value is -2.97. The van der Waals surface area contributed by atoms with Crippen molar-refractivity contribution in [1.82, 2.24) is 0 Å². The average Bonchev–Trinajstić information content (AvgIpc) is 2.59. The normalized spacial score (nSPS) is 11.9. The predicted octanol–water partition coefficient (Wildman–Crippen LogP) is 7.72. The van der Waals surface area contributed by atoms with Crippen LogP contribution in [0.25, 0.3) is 12.2 Å². The molecule has 0 aromatic heterocycles. The fraction of sp³-hybridized carbons (Fsp3) is 0.273. The molecule has 31 heavy (non-hydrogen) atoms. The summed E-state index contributed by atoms with van der Waals surface area (Å²) in [6.45, 7) is 11.8. The molecule has 0 heterocycles. The molecule has 1 N–H and O–H groups in total. The van der Waals surface area contributed by atoms with Crippen molar-refractivity contribution in [2.24, 2.45) is 0 Å². The molecule has 0 radical (unpaired) electrons. The molecule has 0 unspecified atom stereocenters. The number of aromatic hydroxyl groups is 1. The van der Waals surface area contributed by atoms with E-state index in [1.54, 1.807) is 20.8 Å². The maximum atomic E-state index is 12.9. The molecule has 0 aliphatic rings. The van der Waals surface area contributed by atoms with Crippen molar-refractivity contribution in [3.8, 4) is 11.5 Å². The molecular formula is C22H21F7O2. The van der Waals surface area contributed by atoms with Gasteiger partial charge in [-0.25, -0.2) is 4.39 Å². The lowest BCUT2D eigenvalue weighted by Crippen LogP contribution is -2.23. The first kappa shape index (κ1) is 26.1. The smallest absolute Gasteiger partial charge is 0.417 e. The van der Waals surface area contributed by atoms with Crippen LogP contribution in [0.1, 0.15) is 43.0 Å². The summed E-state index contributed by atoms with van der Waals surface area (Å²) in [6.07, 6.45) is -7.16. The number of halogens is 7. The van der Waals surface area contributed by atoms with E-state index in [-0.39, 0.29) is 11.3 Å². The lowest BCUT2D eigenvalue weighted by molar-refractivity contribution is -0.138. The van der Waals surface area contributed by atoms with Crippen molar-refractivity contribution in [2.45, 2.75) is 38.7 Å². The van der Waals surface area contributed by atoms with Gasteiger partial charge in [0.1, 0.15) is 22.9 Å². The number of hydrogen-bond donors (Lipinski definition) is 1. The Morgan fingerprint density at radius 3 is 1.81 bits per heavy atom. The summed E-state index contributed by atoms with van der Waals surface area (Å²) in [5.74, 6) is -1.71. The number of phenolic OH excluding ortho intramolecular Hbond substituents is 1. The maximum Gasteiger partial charge on any atom is 0.417 e. The van der Waals surface area contributed by atoms with Crippen molar-refractivity contribution in [2.75, 3.05) is 0 Å². The molecule has 0 aliphatic heterocycles. The third-order valence-electron chi connectivity index (χ3n) is 3.60. The standard InChI is InChI=1S/C13H15F3O.C9H6F4O/c1-5-9-6-7-10(17-12(2,3)4)8-11(9)13(14,15)16;1-2-6-7(9(11,12)13)3-5(14)4-8(6)10/h5-8H,1H2,2-4H3;2-4,14H,1H2. The highest BCUT2D eigenvalue weighted by molar-refractivity contribution is 5.56. The average molecular weight is 450 g/mol. The van der Waals surface area contributed by atoms with Crippen molar-refractivity contribution in [3.63, 3.8) is 0 Å². The van der Waals surface area contributed by atoms with E-state index < -0.39 is 46.2 Å². The molecule has 2 aromatic carbocycles. The molecule has 0 amide bonds. The molecule has 0 saturated heterocycles. The first-order chi connectivity index (χ1) is 14.0. The molecule has 2 aromatic rings. The number of ether oxygens (including phenoxy) is 1. The number of rotatable bonds is 3. The zero-order valence-electron chi connectivity index (χ0n) is 17.0. The van der Waals surface area contributed by atoms with Crippen LogP contribution in [0.3, 0.4) is 0 Å². The van der Waals surface area contributed by atoms with Crippen LogP contribution in [-0.2, 0) is 12.4 Å². The number of benzene rings is 2. The second-order valence-corrected chi connectivity index (χ2v) is 7.26. The molecule has 2 rings (SSSR count). The lowest BCUT2D eigenvalue weighted by atomic mass is 10.1. The van der Waals surface area contributed by atoms with Crippen LogP contribution in [0.15, 0.2) is 43.5 Å². The van der Waals surface area contributed by atoms with Gasteiger partial charge in [0.2, 0.25) is 0 Å². The quantitative estimate of drug-likeness (QED) is 0.485. The lowest BCUT2D eigenvalue weighted by Gasteiger charge is -2.22. The Bertz CT molecular complexity index is 937. The van der Waals surface area contributed by atoms with Crippen LogP contribution in [0, 0.1) is 5.82 Å². The van der Waals surface area contributed by atoms with E-state index in [0.29, 0.717) is 12.1 Å². The number of alkyl halides is 6. The van der Waals surface area contributed by atoms with E-state index in [9.17, 15) is 30.7 Å². The van der Waals surface area contributed by atoms with Crippen LogP contribution in [0.5, 0.6) is 11.5 Å². The van der Waals surface area contributed by atoms with Crippen LogP contribution in [0.4, 0.5) is 30.7 Å². The second-order valence-electron chi connectivity index (χ2n) is 7.26. The monoisotopic (exact) mass is 450 g/mol. The van der Waals surface area contributed by atoms with E-state index in [1.807, 2.05) is 0 Å². The fourth-order valence-corrected chi connectivity index (χ4v) is 2.42. The van der Waals surface area contributed by atoms with E-state index in [4.69, 9.17) is 9.84 Å². The summed E-state index contributed by atoms with van der Waals surface area (Å²) in [5.41, 5.74) is -3.09. The SMILES string of the molecule is C=Cc1c(F)cc(O)cc1C(F)(F)F.C=Cc1ccc(OC(C)(C)C)cc1C(F)(F)F. The largest absolute Gasteiger partial charge is 0.508 e. The maximum absolute atomic E-state index is 12.9. The van der Waals surface area contributed by atoms with Crippen LogP contribution < -0.4 is 4.74 Å². The summed E-state index contributed by atoms with van der Waals surface area (Å²) < 4.78 is 93.4. The minimum atomic E-state index is -4.71. The summed E-state index contributed by atoms with van der Waals surface area (Å²) in [4.78, 5) is 0. The van der Waals surface area contributed by atoms with Gasteiger partial charge >= 0.3 is 12.4 Å². The molecule has 0 atom stereocenters. The van der Waals surface area contributed by atoms with Gasteiger partial charge in [-0.15, -0.1) is 0 Å².